The number of carbonyl (C=O) groups is 1. The Bertz CT molecular complexity index is 689. The van der Waals surface area contributed by atoms with Gasteiger partial charge in [0.2, 0.25) is 0 Å². The van der Waals surface area contributed by atoms with Crippen molar-refractivity contribution in [2.45, 2.75) is 25.8 Å². The van der Waals surface area contributed by atoms with Crippen molar-refractivity contribution in [1.29, 1.82) is 0 Å². The first-order chi connectivity index (χ1) is 10.5. The number of hydrogen-bond acceptors (Lipinski definition) is 4. The van der Waals surface area contributed by atoms with E-state index < -0.39 is 0 Å². The van der Waals surface area contributed by atoms with Gasteiger partial charge in [0.25, 0.3) is 5.91 Å². The third kappa shape index (κ3) is 4.89. The third-order valence-electron chi connectivity index (χ3n) is 3.82. The van der Waals surface area contributed by atoms with E-state index in [9.17, 15) is 9.18 Å². The highest BCUT2D eigenvalue weighted by Crippen LogP contribution is 2.31. The normalized spacial score (nSPS) is 14.3. The number of nitrogens with one attached hydrogen (secondary N) is 1. The minimum Gasteiger partial charge on any atom is -0.350 e. The smallest absolute Gasteiger partial charge is 0.263 e. The van der Waals surface area contributed by atoms with Crippen molar-refractivity contribution >= 4 is 42.1 Å². The number of carbonyl (C=O) groups excluding carboxylic acids is 1. The van der Waals surface area contributed by atoms with Crippen LogP contribution in [0.2, 0.25) is 0 Å². The van der Waals surface area contributed by atoms with Crippen molar-refractivity contribution in [3.05, 3.63) is 40.7 Å². The monoisotopic (exact) mass is 391 g/mol. The van der Waals surface area contributed by atoms with Gasteiger partial charge >= 0.3 is 0 Å². The van der Waals surface area contributed by atoms with Crippen molar-refractivity contribution in [2.75, 3.05) is 6.54 Å². The summed E-state index contributed by atoms with van der Waals surface area (Å²) >= 11 is 1.32. The molecule has 1 aliphatic carbocycles. The molecule has 0 spiro atoms. The Kier molecular flexibility index (Phi) is 7.60. The topological polar surface area (TPSA) is 68.0 Å². The minimum atomic E-state index is -0.288. The number of benzene rings is 1. The molecule has 2 aromatic rings. The van der Waals surface area contributed by atoms with Crippen molar-refractivity contribution < 1.29 is 9.18 Å². The maximum Gasteiger partial charge on any atom is 0.263 e. The molecule has 3 rings (SSSR count). The van der Waals surface area contributed by atoms with E-state index in [0.717, 1.165) is 18.4 Å². The van der Waals surface area contributed by atoms with Gasteiger partial charge in [-0.1, -0.05) is 0 Å². The Hall–Kier alpha value is -1.21. The lowest BCUT2D eigenvalue weighted by molar-refractivity contribution is 0.0953. The average Bonchev–Trinajstić information content (AvgIpc) is 3.28. The Morgan fingerprint density at radius 2 is 2.00 bits per heavy atom. The highest BCUT2D eigenvalue weighted by molar-refractivity contribution is 7.17. The predicted octanol–water partition coefficient (Wildman–Crippen LogP) is 3.57. The highest BCUT2D eigenvalue weighted by atomic mass is 35.5. The Morgan fingerprint density at radius 1 is 1.38 bits per heavy atom. The van der Waals surface area contributed by atoms with Crippen LogP contribution >= 0.6 is 36.2 Å². The number of nitrogens with two attached hydrogens (primary N) is 1. The Morgan fingerprint density at radius 3 is 2.58 bits per heavy atom. The number of aryl methyl sites for hydroxylation is 1. The van der Waals surface area contributed by atoms with Crippen LogP contribution in [0.15, 0.2) is 24.3 Å². The SMILES string of the molecule is Cc1nc(-c2ccc(F)cc2)sc1C(=O)NCC(N)C1CC1.Cl.Cl. The molecule has 1 aromatic carbocycles. The van der Waals surface area contributed by atoms with Gasteiger partial charge in [-0.2, -0.15) is 0 Å². The van der Waals surface area contributed by atoms with Crippen molar-refractivity contribution in [2.24, 2.45) is 11.7 Å². The lowest BCUT2D eigenvalue weighted by Gasteiger charge is -2.10. The molecule has 0 aliphatic heterocycles. The van der Waals surface area contributed by atoms with Gasteiger partial charge in [0.15, 0.2) is 0 Å². The van der Waals surface area contributed by atoms with E-state index in [1.54, 1.807) is 19.1 Å². The van der Waals surface area contributed by atoms with Crippen molar-refractivity contribution in [1.82, 2.24) is 10.3 Å². The predicted molar refractivity (Wildman–Crippen MR) is 99.8 cm³/mol. The van der Waals surface area contributed by atoms with Crippen LogP contribution in [0, 0.1) is 18.7 Å². The second kappa shape index (κ2) is 8.76. The third-order valence-corrected chi connectivity index (χ3v) is 5.03. The molecule has 3 N–H and O–H groups in total. The molecule has 4 nitrogen and oxygen atoms in total. The molecule has 0 bridgehead atoms. The van der Waals surface area contributed by atoms with Crippen LogP contribution in [0.4, 0.5) is 4.39 Å². The van der Waals surface area contributed by atoms with Crippen molar-refractivity contribution in [3.8, 4) is 10.6 Å². The summed E-state index contributed by atoms with van der Waals surface area (Å²) in [6.45, 7) is 2.30. The fourth-order valence-electron chi connectivity index (χ4n) is 2.30. The van der Waals surface area contributed by atoms with E-state index in [-0.39, 0.29) is 42.6 Å². The van der Waals surface area contributed by atoms with Gasteiger partial charge in [0.1, 0.15) is 15.7 Å². The molecule has 1 amide bonds. The van der Waals surface area contributed by atoms with E-state index >= 15 is 0 Å². The Balaban J connectivity index is 0.00000144. The summed E-state index contributed by atoms with van der Waals surface area (Å²) in [5.41, 5.74) is 7.48. The molecule has 1 aromatic heterocycles. The molecule has 1 atom stereocenters. The van der Waals surface area contributed by atoms with Gasteiger partial charge in [0, 0.05) is 18.2 Å². The summed E-state index contributed by atoms with van der Waals surface area (Å²) in [6, 6.07) is 6.14. The van der Waals surface area contributed by atoms with E-state index in [0.29, 0.717) is 28.0 Å². The number of amides is 1. The quantitative estimate of drug-likeness (QED) is 0.818. The molecule has 8 heteroatoms. The summed E-state index contributed by atoms with van der Waals surface area (Å²) in [6.07, 6.45) is 2.32. The molecule has 1 heterocycles. The first-order valence-corrected chi connectivity index (χ1v) is 8.13. The van der Waals surface area contributed by atoms with Gasteiger partial charge in [-0.3, -0.25) is 4.79 Å². The van der Waals surface area contributed by atoms with E-state index in [2.05, 4.69) is 10.3 Å². The van der Waals surface area contributed by atoms with Crippen LogP contribution in [0.5, 0.6) is 0 Å². The van der Waals surface area contributed by atoms with Crippen molar-refractivity contribution in [3.63, 3.8) is 0 Å². The van der Waals surface area contributed by atoms with Gasteiger partial charge in [0.05, 0.1) is 5.69 Å². The number of hydrogen-bond donors (Lipinski definition) is 2. The summed E-state index contributed by atoms with van der Waals surface area (Å²) in [7, 11) is 0. The molecule has 1 unspecified atom stereocenters. The lowest BCUT2D eigenvalue weighted by Crippen LogP contribution is -2.38. The maximum absolute atomic E-state index is 13.0. The Labute approximate surface area is 156 Å². The zero-order valence-electron chi connectivity index (χ0n) is 13.1. The molecular formula is C16H20Cl2FN3OS. The van der Waals surface area contributed by atoms with Gasteiger partial charge in [-0.15, -0.1) is 36.2 Å². The van der Waals surface area contributed by atoms with Crippen LogP contribution in [0.1, 0.15) is 28.2 Å². The number of thiazole rings is 1. The fraction of sp³-hybridized carbons (Fsp3) is 0.375. The highest BCUT2D eigenvalue weighted by Gasteiger charge is 2.28. The molecule has 0 radical (unpaired) electrons. The fourth-order valence-corrected chi connectivity index (χ4v) is 3.29. The van der Waals surface area contributed by atoms with Crippen LogP contribution in [-0.4, -0.2) is 23.5 Å². The second-order valence-corrected chi connectivity index (χ2v) is 6.65. The number of aromatic nitrogens is 1. The first-order valence-electron chi connectivity index (χ1n) is 7.31. The molecule has 1 aliphatic rings. The van der Waals surface area contributed by atoms with Crippen LogP contribution in [0.3, 0.4) is 0 Å². The van der Waals surface area contributed by atoms with E-state index in [4.69, 9.17) is 5.73 Å². The molecule has 24 heavy (non-hydrogen) atoms. The summed E-state index contributed by atoms with van der Waals surface area (Å²) < 4.78 is 13.0. The van der Waals surface area contributed by atoms with Gasteiger partial charge in [-0.25, -0.2) is 9.37 Å². The van der Waals surface area contributed by atoms with E-state index in [1.165, 1.54) is 23.5 Å². The van der Waals surface area contributed by atoms with Crippen LogP contribution < -0.4 is 11.1 Å². The largest absolute Gasteiger partial charge is 0.350 e. The molecule has 1 fully saturated rings. The molecule has 132 valence electrons. The molecule has 0 saturated heterocycles. The zero-order valence-corrected chi connectivity index (χ0v) is 15.6. The van der Waals surface area contributed by atoms with Gasteiger partial charge in [-0.05, 0) is 49.9 Å². The first kappa shape index (κ1) is 20.8. The lowest BCUT2D eigenvalue weighted by atomic mass is 10.2. The van der Waals surface area contributed by atoms with Crippen LogP contribution in [-0.2, 0) is 0 Å². The maximum atomic E-state index is 13.0. The standard InChI is InChI=1S/C16H18FN3OS.2ClH/c1-9-14(15(21)19-8-13(18)10-2-3-10)22-16(20-9)11-4-6-12(17)7-5-11;;/h4-7,10,13H,2-3,8,18H2,1H3,(H,19,21);2*1H. The number of halogens is 3. The number of nitrogens with zero attached hydrogens (tertiary/aromatic N) is 1. The zero-order chi connectivity index (χ0) is 15.7. The molecular weight excluding hydrogens is 372 g/mol. The molecule has 1 saturated carbocycles. The second-order valence-electron chi connectivity index (χ2n) is 5.65. The minimum absolute atomic E-state index is 0. The average molecular weight is 392 g/mol. The number of rotatable bonds is 5. The van der Waals surface area contributed by atoms with Gasteiger partial charge < -0.3 is 11.1 Å². The summed E-state index contributed by atoms with van der Waals surface area (Å²) in [5, 5.41) is 3.60. The van der Waals surface area contributed by atoms with E-state index in [1.807, 2.05) is 0 Å². The summed E-state index contributed by atoms with van der Waals surface area (Å²) in [5.74, 6) is 0.126. The summed E-state index contributed by atoms with van der Waals surface area (Å²) in [4.78, 5) is 17.3. The van der Waals surface area contributed by atoms with Crippen LogP contribution in [0.25, 0.3) is 10.6 Å².